The van der Waals surface area contributed by atoms with Crippen LogP contribution in [0.5, 0.6) is 0 Å². The molecule has 0 bridgehead atoms. The molecular formula is C52H31N3O2. The molecule has 0 saturated carbocycles. The smallest absolute Gasteiger partial charge is 0.164 e. The molecule has 0 spiro atoms. The Morgan fingerprint density at radius 1 is 0.333 bits per heavy atom. The summed E-state index contributed by atoms with van der Waals surface area (Å²) < 4.78 is 12.7. The maximum atomic E-state index is 6.36. The topological polar surface area (TPSA) is 65.0 Å². The van der Waals surface area contributed by atoms with Crippen molar-refractivity contribution in [3.63, 3.8) is 0 Å². The molecule has 5 nitrogen and oxygen atoms in total. The Hall–Kier alpha value is -7.63. The maximum absolute atomic E-state index is 6.36. The molecule has 0 N–H and O–H groups in total. The molecule has 0 fully saturated rings. The van der Waals surface area contributed by atoms with Crippen LogP contribution >= 0.6 is 0 Å². The second-order valence-corrected chi connectivity index (χ2v) is 14.7. The first-order chi connectivity index (χ1) is 28.2. The number of hydrogen-bond acceptors (Lipinski definition) is 5. The van der Waals surface area contributed by atoms with Crippen LogP contribution in [0.3, 0.4) is 0 Å². The van der Waals surface area contributed by atoms with Crippen molar-refractivity contribution in [2.75, 3.05) is 0 Å². The molecule has 0 amide bonds. The minimum Gasteiger partial charge on any atom is -0.456 e. The van der Waals surface area contributed by atoms with Crippen LogP contribution in [0.15, 0.2) is 197 Å². The molecular weight excluding hydrogens is 699 g/mol. The van der Waals surface area contributed by atoms with Gasteiger partial charge >= 0.3 is 0 Å². The van der Waals surface area contributed by atoms with Crippen LogP contribution in [-0.4, -0.2) is 15.0 Å². The lowest BCUT2D eigenvalue weighted by Crippen LogP contribution is -2.29. The van der Waals surface area contributed by atoms with Crippen molar-refractivity contribution in [2.45, 2.75) is 5.41 Å². The van der Waals surface area contributed by atoms with Gasteiger partial charge in [0.05, 0.1) is 5.41 Å². The number of hydrogen-bond donors (Lipinski definition) is 0. The van der Waals surface area contributed by atoms with E-state index in [0.29, 0.717) is 17.5 Å². The predicted molar refractivity (Wildman–Crippen MR) is 228 cm³/mol. The Morgan fingerprint density at radius 2 is 0.789 bits per heavy atom. The van der Waals surface area contributed by atoms with Gasteiger partial charge in [-0.25, -0.2) is 15.0 Å². The van der Waals surface area contributed by atoms with E-state index >= 15 is 0 Å². The number of rotatable bonds is 5. The molecule has 5 heteroatoms. The fourth-order valence-corrected chi connectivity index (χ4v) is 9.17. The fourth-order valence-electron chi connectivity index (χ4n) is 9.17. The third-order valence-electron chi connectivity index (χ3n) is 11.6. The van der Waals surface area contributed by atoms with Gasteiger partial charge in [0.25, 0.3) is 0 Å². The summed E-state index contributed by atoms with van der Waals surface area (Å²) in [6.07, 6.45) is 0. The van der Waals surface area contributed by atoms with Crippen LogP contribution in [-0.2, 0) is 5.41 Å². The Labute approximate surface area is 327 Å². The van der Waals surface area contributed by atoms with Crippen LogP contribution in [0.4, 0.5) is 0 Å². The molecule has 0 unspecified atom stereocenters. The molecule has 57 heavy (non-hydrogen) atoms. The average molecular weight is 730 g/mol. The molecule has 0 saturated heterocycles. The summed E-state index contributed by atoms with van der Waals surface area (Å²) in [5, 5.41) is 4.25. The fraction of sp³-hybridized carbons (Fsp3) is 0.0192. The first-order valence-corrected chi connectivity index (χ1v) is 19.2. The molecule has 0 radical (unpaired) electrons. The standard InChI is InChI=1S/C52H31N3O2/c1-3-14-34(15-4-1)52(35-16-5-2-6-17-35)43-23-10-7-18-36(43)41-21-13-22-42(48(41)52)51-54-49(32-26-28-39-37-19-8-11-24-44(37)56-46(39)30-32)53-50(55-51)33-27-29-40-38-20-9-12-25-45(38)57-47(40)31-33/h1-31H. The van der Waals surface area contributed by atoms with Gasteiger partial charge in [-0.2, -0.15) is 0 Å². The molecule has 3 heterocycles. The first-order valence-electron chi connectivity index (χ1n) is 19.2. The van der Waals surface area contributed by atoms with Gasteiger partial charge in [0, 0.05) is 38.2 Å². The number of aromatic nitrogens is 3. The lowest BCUT2D eigenvalue weighted by Gasteiger charge is -2.35. The van der Waals surface area contributed by atoms with E-state index in [1.807, 2.05) is 48.5 Å². The summed E-state index contributed by atoms with van der Waals surface area (Å²) in [7, 11) is 0. The summed E-state index contributed by atoms with van der Waals surface area (Å²) in [4.78, 5) is 15.9. The van der Waals surface area contributed by atoms with Gasteiger partial charge in [0.2, 0.25) is 0 Å². The van der Waals surface area contributed by atoms with Gasteiger partial charge in [-0.3, -0.25) is 0 Å². The van der Waals surface area contributed by atoms with E-state index in [2.05, 4.69) is 140 Å². The van der Waals surface area contributed by atoms with E-state index in [0.717, 1.165) is 71.7 Å². The van der Waals surface area contributed by atoms with E-state index in [-0.39, 0.29) is 0 Å². The van der Waals surface area contributed by atoms with Crippen molar-refractivity contribution >= 4 is 43.9 Å². The molecule has 1 aliphatic carbocycles. The summed E-state index contributed by atoms with van der Waals surface area (Å²) >= 11 is 0. The lowest BCUT2D eigenvalue weighted by atomic mass is 9.66. The van der Waals surface area contributed by atoms with Gasteiger partial charge in [0.15, 0.2) is 17.5 Å². The number of nitrogens with zero attached hydrogens (tertiary/aromatic N) is 3. The van der Waals surface area contributed by atoms with E-state index in [1.54, 1.807) is 0 Å². The van der Waals surface area contributed by atoms with E-state index in [9.17, 15) is 0 Å². The second kappa shape index (κ2) is 12.2. The molecule has 266 valence electrons. The Morgan fingerprint density at radius 3 is 1.39 bits per heavy atom. The quantitative estimate of drug-likeness (QED) is 0.176. The zero-order valence-corrected chi connectivity index (χ0v) is 30.6. The number of furan rings is 2. The predicted octanol–water partition coefficient (Wildman–Crippen LogP) is 13.0. The van der Waals surface area contributed by atoms with Crippen LogP contribution in [0, 0.1) is 0 Å². The van der Waals surface area contributed by atoms with Crippen LogP contribution in [0.1, 0.15) is 22.3 Å². The highest BCUT2D eigenvalue weighted by Gasteiger charge is 2.47. The Balaban J connectivity index is 1.15. The van der Waals surface area contributed by atoms with Crippen molar-refractivity contribution in [3.05, 3.63) is 210 Å². The highest BCUT2D eigenvalue weighted by Crippen LogP contribution is 2.58. The van der Waals surface area contributed by atoms with Crippen LogP contribution in [0.25, 0.3) is 89.2 Å². The minimum atomic E-state index is -0.641. The van der Waals surface area contributed by atoms with Crippen molar-refractivity contribution in [1.82, 2.24) is 15.0 Å². The minimum absolute atomic E-state index is 0.556. The summed E-state index contributed by atoms with van der Waals surface area (Å²) in [5.41, 5.74) is 12.3. The van der Waals surface area contributed by atoms with Gasteiger partial charge in [0.1, 0.15) is 22.3 Å². The van der Waals surface area contributed by atoms with Crippen molar-refractivity contribution < 1.29 is 8.83 Å². The molecule has 0 aliphatic heterocycles. The first kappa shape index (κ1) is 31.7. The van der Waals surface area contributed by atoms with Gasteiger partial charge in [-0.1, -0.05) is 152 Å². The SMILES string of the molecule is c1ccc(C2(c3ccccc3)c3ccccc3-c3cccc(-c4nc(-c5ccc6c(c5)oc5ccccc56)nc(-c5ccc6c(c5)oc5ccccc56)n4)c32)cc1. The monoisotopic (exact) mass is 729 g/mol. The normalized spacial score (nSPS) is 13.1. The third-order valence-corrected chi connectivity index (χ3v) is 11.6. The molecule has 0 atom stereocenters. The summed E-state index contributed by atoms with van der Waals surface area (Å²) in [6, 6.07) is 65.7. The lowest BCUT2D eigenvalue weighted by molar-refractivity contribution is 0.668. The largest absolute Gasteiger partial charge is 0.456 e. The van der Waals surface area contributed by atoms with E-state index < -0.39 is 5.41 Å². The zero-order valence-electron chi connectivity index (χ0n) is 30.6. The van der Waals surface area contributed by atoms with Gasteiger partial charge < -0.3 is 8.83 Å². The maximum Gasteiger partial charge on any atom is 0.164 e. The highest BCUT2D eigenvalue weighted by molar-refractivity contribution is 6.07. The number of benzene rings is 8. The average Bonchev–Trinajstić information content (AvgIpc) is 3.94. The molecule has 11 aromatic rings. The highest BCUT2D eigenvalue weighted by atomic mass is 16.3. The van der Waals surface area contributed by atoms with Gasteiger partial charge in [-0.05, 0) is 69.8 Å². The van der Waals surface area contributed by atoms with Crippen LogP contribution in [0.2, 0.25) is 0 Å². The Kier molecular flexibility index (Phi) is 6.78. The molecule has 1 aliphatic rings. The van der Waals surface area contributed by atoms with E-state index in [1.165, 1.54) is 22.3 Å². The molecule has 8 aromatic carbocycles. The van der Waals surface area contributed by atoms with E-state index in [4.69, 9.17) is 23.8 Å². The third kappa shape index (κ3) is 4.66. The number of para-hydroxylation sites is 2. The molecule has 3 aromatic heterocycles. The van der Waals surface area contributed by atoms with Crippen molar-refractivity contribution in [2.24, 2.45) is 0 Å². The van der Waals surface area contributed by atoms with Crippen LogP contribution < -0.4 is 0 Å². The number of fused-ring (bicyclic) bond motifs is 9. The van der Waals surface area contributed by atoms with Gasteiger partial charge in [-0.15, -0.1) is 0 Å². The summed E-state index contributed by atoms with van der Waals surface area (Å²) in [6.45, 7) is 0. The van der Waals surface area contributed by atoms with Crippen molar-refractivity contribution in [3.8, 4) is 45.3 Å². The Bertz CT molecular complexity index is 3190. The van der Waals surface area contributed by atoms with Crippen molar-refractivity contribution in [1.29, 1.82) is 0 Å². The zero-order chi connectivity index (χ0) is 37.5. The second-order valence-electron chi connectivity index (χ2n) is 14.7. The molecule has 12 rings (SSSR count). The summed E-state index contributed by atoms with van der Waals surface area (Å²) in [5.74, 6) is 1.70.